The number of benzene rings is 1. The van der Waals surface area contributed by atoms with E-state index in [1.807, 2.05) is 12.4 Å². The van der Waals surface area contributed by atoms with Gasteiger partial charge in [0.15, 0.2) is 0 Å². The van der Waals surface area contributed by atoms with Crippen LogP contribution in [0.3, 0.4) is 0 Å². The van der Waals surface area contributed by atoms with E-state index in [0.717, 1.165) is 19.4 Å². The molecule has 17 heavy (non-hydrogen) atoms. The number of nitrogens with one attached hydrogen (secondary N) is 1. The van der Waals surface area contributed by atoms with E-state index < -0.39 is 0 Å². The van der Waals surface area contributed by atoms with Gasteiger partial charge in [-0.3, -0.25) is 4.98 Å². The molecule has 0 aliphatic rings. The zero-order valence-electron chi connectivity index (χ0n) is 10.2. The van der Waals surface area contributed by atoms with E-state index in [1.54, 1.807) is 0 Å². The molecule has 1 N–H and O–H groups in total. The van der Waals surface area contributed by atoms with Crippen molar-refractivity contribution in [2.75, 3.05) is 11.9 Å². The summed E-state index contributed by atoms with van der Waals surface area (Å²) in [6.07, 6.45) is 5.80. The molecule has 2 rings (SSSR count). The number of pyridine rings is 1. The third kappa shape index (κ3) is 3.59. The molecule has 0 bridgehead atoms. The highest BCUT2D eigenvalue weighted by atomic mass is 14.9. The molecule has 0 saturated heterocycles. The lowest BCUT2D eigenvalue weighted by Crippen LogP contribution is -2.04. The van der Waals surface area contributed by atoms with Gasteiger partial charge in [0.05, 0.1) is 0 Å². The van der Waals surface area contributed by atoms with Gasteiger partial charge in [0.25, 0.3) is 0 Å². The van der Waals surface area contributed by atoms with Crippen LogP contribution in [0.4, 0.5) is 5.69 Å². The van der Waals surface area contributed by atoms with E-state index in [2.05, 4.69) is 53.6 Å². The van der Waals surface area contributed by atoms with Crippen molar-refractivity contribution in [2.24, 2.45) is 0 Å². The molecule has 0 unspecified atom stereocenters. The van der Waals surface area contributed by atoms with Crippen molar-refractivity contribution in [3.63, 3.8) is 0 Å². The van der Waals surface area contributed by atoms with Gasteiger partial charge in [-0.1, -0.05) is 19.1 Å². The molecule has 0 amide bonds. The Balaban J connectivity index is 1.82. The van der Waals surface area contributed by atoms with E-state index in [0.29, 0.717) is 0 Å². The molecule has 1 aromatic heterocycles. The van der Waals surface area contributed by atoms with Crippen molar-refractivity contribution in [1.82, 2.24) is 4.98 Å². The van der Waals surface area contributed by atoms with Crippen molar-refractivity contribution >= 4 is 5.69 Å². The van der Waals surface area contributed by atoms with Crippen LogP contribution in [-0.2, 0) is 12.8 Å². The Morgan fingerprint density at radius 3 is 2.29 bits per heavy atom. The van der Waals surface area contributed by atoms with Crippen LogP contribution >= 0.6 is 0 Å². The molecule has 1 aromatic carbocycles. The summed E-state index contributed by atoms with van der Waals surface area (Å²) in [6, 6.07) is 12.8. The standard InChI is InChI=1S/C15H18N2/c1-2-13-3-5-15(6-4-13)17-12-9-14-7-10-16-11-8-14/h3-8,10-11,17H,2,9,12H2,1H3. The highest BCUT2D eigenvalue weighted by molar-refractivity contribution is 5.44. The molecule has 0 radical (unpaired) electrons. The van der Waals surface area contributed by atoms with Crippen LogP contribution in [-0.4, -0.2) is 11.5 Å². The van der Waals surface area contributed by atoms with Gasteiger partial charge in [-0.25, -0.2) is 0 Å². The number of anilines is 1. The van der Waals surface area contributed by atoms with E-state index in [4.69, 9.17) is 0 Å². The Hall–Kier alpha value is -1.83. The second kappa shape index (κ2) is 6.04. The monoisotopic (exact) mass is 226 g/mol. The molecule has 0 fully saturated rings. The number of rotatable bonds is 5. The average molecular weight is 226 g/mol. The van der Waals surface area contributed by atoms with Crippen LogP contribution in [0, 0.1) is 0 Å². The van der Waals surface area contributed by atoms with Crippen molar-refractivity contribution in [3.8, 4) is 0 Å². The molecule has 0 saturated carbocycles. The fourth-order valence-corrected chi connectivity index (χ4v) is 1.76. The zero-order chi connectivity index (χ0) is 11.9. The Labute approximate surface area is 103 Å². The van der Waals surface area contributed by atoms with E-state index in [1.165, 1.54) is 16.8 Å². The van der Waals surface area contributed by atoms with Crippen LogP contribution < -0.4 is 5.32 Å². The summed E-state index contributed by atoms with van der Waals surface area (Å²) in [7, 11) is 0. The van der Waals surface area contributed by atoms with Gasteiger partial charge in [-0.2, -0.15) is 0 Å². The quantitative estimate of drug-likeness (QED) is 0.846. The average Bonchev–Trinajstić information content (AvgIpc) is 2.41. The Morgan fingerprint density at radius 1 is 0.941 bits per heavy atom. The van der Waals surface area contributed by atoms with Gasteiger partial charge in [0, 0.05) is 24.6 Å². The summed E-state index contributed by atoms with van der Waals surface area (Å²) >= 11 is 0. The van der Waals surface area contributed by atoms with Crippen LogP contribution in [0.1, 0.15) is 18.1 Å². The van der Waals surface area contributed by atoms with E-state index in [-0.39, 0.29) is 0 Å². The number of aromatic nitrogens is 1. The maximum Gasteiger partial charge on any atom is 0.0340 e. The van der Waals surface area contributed by atoms with Crippen molar-refractivity contribution in [3.05, 3.63) is 59.9 Å². The molecule has 1 heterocycles. The van der Waals surface area contributed by atoms with Gasteiger partial charge in [-0.05, 0) is 48.2 Å². The molecular formula is C15H18N2. The number of aryl methyl sites for hydroxylation is 1. The molecule has 2 nitrogen and oxygen atoms in total. The first kappa shape index (κ1) is 11.6. The highest BCUT2D eigenvalue weighted by Gasteiger charge is 1.94. The van der Waals surface area contributed by atoms with Crippen LogP contribution in [0.15, 0.2) is 48.8 Å². The topological polar surface area (TPSA) is 24.9 Å². The normalized spacial score (nSPS) is 10.2. The molecule has 2 aromatic rings. The van der Waals surface area contributed by atoms with E-state index >= 15 is 0 Å². The molecule has 2 heteroatoms. The van der Waals surface area contributed by atoms with Crippen LogP contribution in [0.25, 0.3) is 0 Å². The Bertz CT molecular complexity index is 434. The fourth-order valence-electron chi connectivity index (χ4n) is 1.76. The lowest BCUT2D eigenvalue weighted by Gasteiger charge is -2.07. The van der Waals surface area contributed by atoms with Gasteiger partial charge in [-0.15, -0.1) is 0 Å². The fraction of sp³-hybridized carbons (Fsp3) is 0.267. The summed E-state index contributed by atoms with van der Waals surface area (Å²) in [5, 5.41) is 3.42. The van der Waals surface area contributed by atoms with Crippen LogP contribution in [0.2, 0.25) is 0 Å². The second-order valence-electron chi connectivity index (χ2n) is 4.08. The lowest BCUT2D eigenvalue weighted by atomic mass is 10.1. The number of hydrogen-bond acceptors (Lipinski definition) is 2. The highest BCUT2D eigenvalue weighted by Crippen LogP contribution is 2.10. The molecule has 0 spiro atoms. The largest absolute Gasteiger partial charge is 0.385 e. The summed E-state index contributed by atoms with van der Waals surface area (Å²) in [5.74, 6) is 0. The van der Waals surface area contributed by atoms with Gasteiger partial charge in [0.2, 0.25) is 0 Å². The minimum absolute atomic E-state index is 0.954. The minimum Gasteiger partial charge on any atom is -0.385 e. The molecule has 88 valence electrons. The smallest absolute Gasteiger partial charge is 0.0340 e. The Morgan fingerprint density at radius 2 is 1.65 bits per heavy atom. The van der Waals surface area contributed by atoms with E-state index in [9.17, 15) is 0 Å². The first-order valence-electron chi connectivity index (χ1n) is 6.10. The van der Waals surface area contributed by atoms with Gasteiger partial charge >= 0.3 is 0 Å². The first-order chi connectivity index (χ1) is 8.38. The summed E-state index contributed by atoms with van der Waals surface area (Å²) in [5.41, 5.74) is 3.89. The van der Waals surface area contributed by atoms with Gasteiger partial charge < -0.3 is 5.32 Å². The van der Waals surface area contributed by atoms with Crippen molar-refractivity contribution in [2.45, 2.75) is 19.8 Å². The predicted octanol–water partition coefficient (Wildman–Crippen LogP) is 3.30. The predicted molar refractivity (Wildman–Crippen MR) is 72.3 cm³/mol. The summed E-state index contributed by atoms with van der Waals surface area (Å²) in [6.45, 7) is 3.13. The second-order valence-corrected chi connectivity index (χ2v) is 4.08. The number of nitrogens with zero attached hydrogens (tertiary/aromatic N) is 1. The van der Waals surface area contributed by atoms with Crippen molar-refractivity contribution in [1.29, 1.82) is 0 Å². The number of hydrogen-bond donors (Lipinski definition) is 1. The SMILES string of the molecule is CCc1ccc(NCCc2ccncc2)cc1. The zero-order valence-corrected chi connectivity index (χ0v) is 10.2. The molecule has 0 atom stereocenters. The minimum atomic E-state index is 0.954. The summed E-state index contributed by atoms with van der Waals surface area (Å²) in [4.78, 5) is 4.01. The maximum atomic E-state index is 4.01. The third-order valence-electron chi connectivity index (χ3n) is 2.85. The van der Waals surface area contributed by atoms with Crippen molar-refractivity contribution < 1.29 is 0 Å². The van der Waals surface area contributed by atoms with Crippen LogP contribution in [0.5, 0.6) is 0 Å². The lowest BCUT2D eigenvalue weighted by molar-refractivity contribution is 1.01. The Kier molecular flexibility index (Phi) is 4.14. The van der Waals surface area contributed by atoms with Gasteiger partial charge in [0.1, 0.15) is 0 Å². The molecule has 0 aliphatic carbocycles. The molecule has 0 aliphatic heterocycles. The third-order valence-corrected chi connectivity index (χ3v) is 2.85. The summed E-state index contributed by atoms with van der Waals surface area (Å²) < 4.78 is 0. The molecular weight excluding hydrogens is 208 g/mol. The first-order valence-corrected chi connectivity index (χ1v) is 6.10. The maximum absolute atomic E-state index is 4.01.